The van der Waals surface area contributed by atoms with E-state index in [2.05, 4.69) is 9.97 Å². The number of thiophene rings is 2. The molecular weight excluding hydrogens is 402 g/mol. The Morgan fingerprint density at radius 1 is 0.759 bits per heavy atom. The third kappa shape index (κ3) is 3.53. The van der Waals surface area contributed by atoms with E-state index >= 15 is 0 Å². The van der Waals surface area contributed by atoms with Gasteiger partial charge in [-0.25, -0.2) is 14.9 Å². The minimum atomic E-state index is -0.327. The summed E-state index contributed by atoms with van der Waals surface area (Å²) in [4.78, 5) is 40.3. The summed E-state index contributed by atoms with van der Waals surface area (Å²) in [7, 11) is 0. The second-order valence-corrected chi connectivity index (χ2v) is 9.80. The van der Waals surface area contributed by atoms with E-state index in [-0.39, 0.29) is 17.8 Å². The van der Waals surface area contributed by atoms with Gasteiger partial charge in [-0.1, -0.05) is 0 Å². The Labute approximate surface area is 177 Å². The first-order chi connectivity index (χ1) is 14.2. The maximum atomic E-state index is 13.5. The lowest BCUT2D eigenvalue weighted by Gasteiger charge is -2.17. The molecule has 0 radical (unpaired) electrons. The summed E-state index contributed by atoms with van der Waals surface area (Å²) in [6, 6.07) is 5.61. The first-order valence-corrected chi connectivity index (χ1v) is 11.7. The van der Waals surface area contributed by atoms with Gasteiger partial charge >= 0.3 is 0 Å². The molecule has 2 aliphatic carbocycles. The highest BCUT2D eigenvalue weighted by Crippen LogP contribution is 2.33. The van der Waals surface area contributed by atoms with Crippen molar-refractivity contribution in [3.8, 4) is 0 Å². The third-order valence-corrected chi connectivity index (χ3v) is 8.02. The Morgan fingerprint density at radius 3 is 1.72 bits per heavy atom. The molecule has 5 rings (SSSR count). The van der Waals surface area contributed by atoms with Crippen molar-refractivity contribution in [2.75, 3.05) is 4.90 Å². The average molecular weight is 424 g/mol. The van der Waals surface area contributed by atoms with E-state index in [0.717, 1.165) is 56.3 Å². The molecule has 29 heavy (non-hydrogen) atoms. The van der Waals surface area contributed by atoms with Crippen LogP contribution in [0, 0.1) is 0 Å². The molecule has 0 aromatic carbocycles. The maximum absolute atomic E-state index is 13.5. The van der Waals surface area contributed by atoms with Crippen molar-refractivity contribution in [3.05, 3.63) is 61.2 Å². The molecule has 148 valence electrons. The van der Waals surface area contributed by atoms with E-state index in [0.29, 0.717) is 9.75 Å². The van der Waals surface area contributed by atoms with Crippen molar-refractivity contribution in [1.29, 1.82) is 0 Å². The van der Waals surface area contributed by atoms with Crippen LogP contribution in [-0.4, -0.2) is 21.8 Å². The number of nitrogens with zero attached hydrogens (tertiary/aromatic N) is 3. The minimum absolute atomic E-state index is 0.139. The van der Waals surface area contributed by atoms with Crippen molar-refractivity contribution in [3.63, 3.8) is 0 Å². The number of aromatic nitrogens is 2. The molecule has 5 nitrogen and oxygen atoms in total. The zero-order valence-corrected chi connectivity index (χ0v) is 17.7. The van der Waals surface area contributed by atoms with E-state index in [1.54, 1.807) is 18.5 Å². The molecule has 0 unspecified atom stereocenters. The maximum Gasteiger partial charge on any atom is 0.277 e. The predicted molar refractivity (Wildman–Crippen MR) is 115 cm³/mol. The first kappa shape index (κ1) is 18.6. The molecule has 0 bridgehead atoms. The number of anilines is 1. The number of amides is 2. The molecule has 0 saturated carbocycles. The zero-order chi connectivity index (χ0) is 19.8. The highest BCUT2D eigenvalue weighted by Gasteiger charge is 2.32. The van der Waals surface area contributed by atoms with Gasteiger partial charge in [0.25, 0.3) is 11.8 Å². The number of hydrogen-bond donors (Lipinski definition) is 0. The third-order valence-electron chi connectivity index (χ3n) is 5.57. The standard InChI is InChI=1S/C22H21N3O2S2/c26-20(18-12-14-6-1-3-8-16(14)28-18)25(22-23-10-5-11-24-22)21(27)19-13-15-7-2-4-9-17(15)29-19/h5,10-13H,1-4,6-9H2. The quantitative estimate of drug-likeness (QED) is 0.565. The van der Waals surface area contributed by atoms with Crippen molar-refractivity contribution >= 4 is 40.4 Å². The van der Waals surface area contributed by atoms with Gasteiger partial charge in [-0.2, -0.15) is 0 Å². The Morgan fingerprint density at radius 2 is 1.24 bits per heavy atom. The molecule has 2 aliphatic rings. The first-order valence-electron chi connectivity index (χ1n) is 10.1. The summed E-state index contributed by atoms with van der Waals surface area (Å²) >= 11 is 3.02. The molecule has 2 amide bonds. The number of aryl methyl sites for hydroxylation is 4. The fourth-order valence-electron chi connectivity index (χ4n) is 4.09. The van der Waals surface area contributed by atoms with Crippen LogP contribution in [0.3, 0.4) is 0 Å². The van der Waals surface area contributed by atoms with Crippen LogP contribution in [0.15, 0.2) is 30.6 Å². The molecule has 3 aromatic heterocycles. The number of rotatable bonds is 3. The summed E-state index contributed by atoms with van der Waals surface area (Å²) in [5.41, 5.74) is 2.50. The van der Waals surface area contributed by atoms with Gasteiger partial charge < -0.3 is 0 Å². The molecule has 0 atom stereocenters. The number of imide groups is 1. The topological polar surface area (TPSA) is 63.2 Å². The molecule has 0 saturated heterocycles. The highest BCUT2D eigenvalue weighted by molar-refractivity contribution is 7.15. The van der Waals surface area contributed by atoms with Crippen molar-refractivity contribution in [2.45, 2.75) is 51.4 Å². The van der Waals surface area contributed by atoms with Gasteiger partial charge in [0.2, 0.25) is 5.95 Å². The fraction of sp³-hybridized carbons (Fsp3) is 0.364. The number of hydrogen-bond acceptors (Lipinski definition) is 6. The molecule has 7 heteroatoms. The predicted octanol–water partition coefficient (Wildman–Crippen LogP) is 4.84. The lowest BCUT2D eigenvalue weighted by molar-refractivity contribution is 0.0899. The Hall–Kier alpha value is -2.38. The molecular formula is C22H21N3O2S2. The van der Waals surface area contributed by atoms with Gasteiger partial charge in [-0.05, 0) is 80.7 Å². The lowest BCUT2D eigenvalue weighted by Crippen LogP contribution is -2.37. The van der Waals surface area contributed by atoms with Crippen LogP contribution in [-0.2, 0) is 25.7 Å². The highest BCUT2D eigenvalue weighted by atomic mass is 32.1. The molecule has 0 N–H and O–H groups in total. The van der Waals surface area contributed by atoms with Crippen LogP contribution in [0.4, 0.5) is 5.95 Å². The van der Waals surface area contributed by atoms with E-state index in [9.17, 15) is 9.59 Å². The second-order valence-electron chi connectivity index (χ2n) is 7.53. The van der Waals surface area contributed by atoms with Crippen LogP contribution < -0.4 is 4.90 Å². The summed E-state index contributed by atoms with van der Waals surface area (Å²) in [5.74, 6) is -0.515. The van der Waals surface area contributed by atoms with Gasteiger partial charge in [0, 0.05) is 22.1 Å². The van der Waals surface area contributed by atoms with Crippen LogP contribution in [0.5, 0.6) is 0 Å². The second kappa shape index (κ2) is 7.80. The number of carbonyl (C=O) groups is 2. The van der Waals surface area contributed by atoms with E-state index in [1.165, 1.54) is 43.6 Å². The SMILES string of the molecule is O=C(c1cc2c(s1)CCCC2)N(C(=O)c1cc2c(s1)CCCC2)c1ncccn1. The van der Waals surface area contributed by atoms with E-state index in [1.807, 2.05) is 12.1 Å². The lowest BCUT2D eigenvalue weighted by atomic mass is 9.99. The van der Waals surface area contributed by atoms with Gasteiger partial charge in [0.1, 0.15) is 0 Å². The summed E-state index contributed by atoms with van der Waals surface area (Å²) in [6.07, 6.45) is 11.8. The van der Waals surface area contributed by atoms with Crippen molar-refractivity contribution < 1.29 is 9.59 Å². The van der Waals surface area contributed by atoms with Gasteiger partial charge in [0.15, 0.2) is 0 Å². The largest absolute Gasteiger partial charge is 0.277 e. The Kier molecular flexibility index (Phi) is 5.01. The van der Waals surface area contributed by atoms with Crippen LogP contribution in [0.25, 0.3) is 0 Å². The molecule has 0 spiro atoms. The van der Waals surface area contributed by atoms with Gasteiger partial charge in [-0.3, -0.25) is 9.59 Å². The number of fused-ring (bicyclic) bond motifs is 2. The van der Waals surface area contributed by atoms with Crippen LogP contribution in [0.1, 0.15) is 65.9 Å². The monoisotopic (exact) mass is 423 g/mol. The van der Waals surface area contributed by atoms with Crippen molar-refractivity contribution in [2.24, 2.45) is 0 Å². The van der Waals surface area contributed by atoms with Gasteiger partial charge in [-0.15, -0.1) is 22.7 Å². The molecule has 3 heterocycles. The molecule has 0 fully saturated rings. The summed E-state index contributed by atoms with van der Waals surface area (Å²) < 4.78 is 0. The fourth-order valence-corrected chi connectivity index (χ4v) is 6.46. The minimum Gasteiger partial charge on any atom is -0.267 e. The Bertz CT molecular complexity index is 958. The van der Waals surface area contributed by atoms with Gasteiger partial charge in [0.05, 0.1) is 9.75 Å². The summed E-state index contributed by atoms with van der Waals surface area (Å²) in [5, 5.41) is 0. The van der Waals surface area contributed by atoms with Crippen LogP contribution in [0.2, 0.25) is 0 Å². The molecule has 0 aliphatic heterocycles. The molecule has 3 aromatic rings. The van der Waals surface area contributed by atoms with E-state index < -0.39 is 0 Å². The van der Waals surface area contributed by atoms with Crippen molar-refractivity contribution in [1.82, 2.24) is 9.97 Å². The normalized spacial score (nSPS) is 15.4. The average Bonchev–Trinajstić information content (AvgIpc) is 3.39. The Balaban J connectivity index is 1.53. The van der Waals surface area contributed by atoms with Crippen LogP contribution >= 0.6 is 22.7 Å². The summed E-state index contributed by atoms with van der Waals surface area (Å²) in [6.45, 7) is 0. The number of carbonyl (C=O) groups excluding carboxylic acids is 2. The van der Waals surface area contributed by atoms with E-state index in [4.69, 9.17) is 0 Å². The zero-order valence-electron chi connectivity index (χ0n) is 16.0. The smallest absolute Gasteiger partial charge is 0.267 e.